The Bertz CT molecular complexity index is 210. The Morgan fingerprint density at radius 2 is 2.00 bits per heavy atom. The Hall–Kier alpha value is -0.470. The van der Waals surface area contributed by atoms with Gasteiger partial charge >= 0.3 is 0 Å². The van der Waals surface area contributed by atoms with Crippen molar-refractivity contribution in [3.05, 3.63) is 35.9 Å². The maximum atomic E-state index is 8.79. The van der Waals surface area contributed by atoms with Gasteiger partial charge in [0.2, 0.25) is 0 Å². The van der Waals surface area contributed by atoms with Crippen molar-refractivity contribution in [1.82, 2.24) is 0 Å². The second-order valence-corrected chi connectivity index (χ2v) is 4.22. The summed E-state index contributed by atoms with van der Waals surface area (Å²) in [5.74, 6) is 0.989. The first-order valence-electron chi connectivity index (χ1n) is 4.09. The van der Waals surface area contributed by atoms with Crippen LogP contribution in [0.4, 0.5) is 0 Å². The van der Waals surface area contributed by atoms with Crippen LogP contribution >= 0.6 is 11.8 Å². The standard InChI is InChI=1S/C10H14OS/c1-9(7-11)12-8-10-5-3-2-4-6-10/h2-6,9,11H,7-8H2,1H3/t9-/m0/s1. The van der Waals surface area contributed by atoms with Crippen LogP contribution in [0.15, 0.2) is 30.3 Å². The number of hydrogen-bond donors (Lipinski definition) is 1. The van der Waals surface area contributed by atoms with E-state index in [4.69, 9.17) is 5.11 Å². The van der Waals surface area contributed by atoms with Crippen molar-refractivity contribution in [2.75, 3.05) is 6.61 Å². The zero-order valence-corrected chi connectivity index (χ0v) is 8.05. The fourth-order valence-electron chi connectivity index (χ4n) is 0.865. The smallest absolute Gasteiger partial charge is 0.0547 e. The summed E-state index contributed by atoms with van der Waals surface area (Å²) < 4.78 is 0. The number of benzene rings is 1. The van der Waals surface area contributed by atoms with Crippen molar-refractivity contribution in [2.24, 2.45) is 0 Å². The van der Waals surface area contributed by atoms with Gasteiger partial charge in [-0.15, -0.1) is 0 Å². The maximum Gasteiger partial charge on any atom is 0.0547 e. The maximum absolute atomic E-state index is 8.79. The fourth-order valence-corrected chi connectivity index (χ4v) is 1.64. The summed E-state index contributed by atoms with van der Waals surface area (Å²) >= 11 is 1.78. The molecule has 0 unspecified atom stereocenters. The highest BCUT2D eigenvalue weighted by atomic mass is 32.2. The fraction of sp³-hybridized carbons (Fsp3) is 0.400. The molecule has 66 valence electrons. The summed E-state index contributed by atoms with van der Waals surface area (Å²) in [7, 11) is 0. The lowest BCUT2D eigenvalue weighted by Gasteiger charge is -2.06. The van der Waals surface area contributed by atoms with Crippen LogP contribution in [-0.2, 0) is 5.75 Å². The van der Waals surface area contributed by atoms with Crippen molar-refractivity contribution >= 4 is 11.8 Å². The predicted molar refractivity (Wildman–Crippen MR) is 54.3 cm³/mol. The molecule has 0 amide bonds. The van der Waals surface area contributed by atoms with E-state index in [2.05, 4.69) is 12.1 Å². The molecule has 0 saturated carbocycles. The van der Waals surface area contributed by atoms with E-state index in [-0.39, 0.29) is 6.61 Å². The molecule has 1 rings (SSSR count). The Morgan fingerprint density at radius 3 is 2.58 bits per heavy atom. The number of thioether (sulfide) groups is 1. The van der Waals surface area contributed by atoms with E-state index in [1.165, 1.54) is 5.56 Å². The van der Waals surface area contributed by atoms with Gasteiger partial charge < -0.3 is 5.11 Å². The molecule has 1 atom stereocenters. The zero-order chi connectivity index (χ0) is 8.81. The second kappa shape index (κ2) is 5.22. The number of rotatable bonds is 4. The quantitative estimate of drug-likeness (QED) is 0.771. The van der Waals surface area contributed by atoms with E-state index in [9.17, 15) is 0 Å². The van der Waals surface area contributed by atoms with Crippen LogP contribution in [0, 0.1) is 0 Å². The lowest BCUT2D eigenvalue weighted by atomic mass is 10.2. The molecule has 0 heterocycles. The van der Waals surface area contributed by atoms with Crippen molar-refractivity contribution in [3.8, 4) is 0 Å². The Morgan fingerprint density at radius 1 is 1.33 bits per heavy atom. The summed E-state index contributed by atoms with van der Waals surface area (Å²) in [6, 6.07) is 10.3. The van der Waals surface area contributed by atoms with Gasteiger partial charge in [-0.05, 0) is 5.56 Å². The van der Waals surface area contributed by atoms with Crippen molar-refractivity contribution < 1.29 is 5.11 Å². The zero-order valence-electron chi connectivity index (χ0n) is 7.23. The first-order chi connectivity index (χ1) is 5.83. The summed E-state index contributed by atoms with van der Waals surface area (Å²) in [4.78, 5) is 0. The van der Waals surface area contributed by atoms with E-state index in [1.807, 2.05) is 25.1 Å². The van der Waals surface area contributed by atoms with Crippen LogP contribution < -0.4 is 0 Å². The third-order valence-electron chi connectivity index (χ3n) is 1.63. The molecule has 1 aromatic carbocycles. The molecular weight excluding hydrogens is 168 g/mol. The first kappa shape index (κ1) is 9.62. The average Bonchev–Trinajstić information content (AvgIpc) is 2.16. The molecule has 0 aromatic heterocycles. The van der Waals surface area contributed by atoms with Gasteiger partial charge in [0, 0.05) is 11.0 Å². The van der Waals surface area contributed by atoms with Gasteiger partial charge in [-0.2, -0.15) is 11.8 Å². The molecule has 0 fully saturated rings. The molecule has 0 saturated heterocycles. The van der Waals surface area contributed by atoms with Crippen LogP contribution in [0.5, 0.6) is 0 Å². The lowest BCUT2D eigenvalue weighted by Crippen LogP contribution is -2.02. The molecular formula is C10H14OS. The SMILES string of the molecule is C[C@@H](CO)SCc1ccccc1. The second-order valence-electron chi connectivity index (χ2n) is 2.79. The normalized spacial score (nSPS) is 12.8. The molecule has 0 spiro atoms. The number of aliphatic hydroxyl groups excluding tert-OH is 1. The van der Waals surface area contributed by atoms with E-state index in [1.54, 1.807) is 11.8 Å². The molecule has 0 aliphatic rings. The Labute approximate surface area is 77.8 Å². The van der Waals surface area contributed by atoms with Crippen LogP contribution in [-0.4, -0.2) is 17.0 Å². The minimum atomic E-state index is 0.261. The molecule has 1 N–H and O–H groups in total. The lowest BCUT2D eigenvalue weighted by molar-refractivity contribution is 0.300. The summed E-state index contributed by atoms with van der Waals surface area (Å²) in [5, 5.41) is 9.13. The highest BCUT2D eigenvalue weighted by Crippen LogP contribution is 2.16. The Kier molecular flexibility index (Phi) is 4.19. The topological polar surface area (TPSA) is 20.2 Å². The van der Waals surface area contributed by atoms with Crippen LogP contribution in [0.1, 0.15) is 12.5 Å². The van der Waals surface area contributed by atoms with Crippen LogP contribution in [0.3, 0.4) is 0 Å². The molecule has 1 aromatic rings. The first-order valence-corrected chi connectivity index (χ1v) is 5.14. The number of aliphatic hydroxyl groups is 1. The monoisotopic (exact) mass is 182 g/mol. The largest absolute Gasteiger partial charge is 0.395 e. The molecule has 12 heavy (non-hydrogen) atoms. The van der Waals surface area contributed by atoms with Gasteiger partial charge in [0.15, 0.2) is 0 Å². The summed E-state index contributed by atoms with van der Waals surface area (Å²) in [5.41, 5.74) is 1.32. The highest BCUT2D eigenvalue weighted by Gasteiger charge is 1.99. The van der Waals surface area contributed by atoms with E-state index >= 15 is 0 Å². The molecule has 1 nitrogen and oxygen atoms in total. The van der Waals surface area contributed by atoms with Crippen LogP contribution in [0.25, 0.3) is 0 Å². The third kappa shape index (κ3) is 3.28. The molecule has 0 bridgehead atoms. The van der Waals surface area contributed by atoms with Gasteiger partial charge in [0.05, 0.1) is 6.61 Å². The van der Waals surface area contributed by atoms with Gasteiger partial charge in [0.1, 0.15) is 0 Å². The van der Waals surface area contributed by atoms with Crippen molar-refractivity contribution in [1.29, 1.82) is 0 Å². The van der Waals surface area contributed by atoms with Crippen LogP contribution in [0.2, 0.25) is 0 Å². The van der Waals surface area contributed by atoms with E-state index in [0.717, 1.165) is 5.75 Å². The Balaban J connectivity index is 2.33. The molecule has 0 radical (unpaired) electrons. The predicted octanol–water partition coefficient (Wildman–Crippen LogP) is 2.30. The minimum absolute atomic E-state index is 0.261. The molecule has 0 aliphatic carbocycles. The van der Waals surface area contributed by atoms with Gasteiger partial charge in [-0.25, -0.2) is 0 Å². The summed E-state index contributed by atoms with van der Waals surface area (Å²) in [6.45, 7) is 2.30. The van der Waals surface area contributed by atoms with Gasteiger partial charge in [0.25, 0.3) is 0 Å². The molecule has 2 heteroatoms. The van der Waals surface area contributed by atoms with Crippen molar-refractivity contribution in [3.63, 3.8) is 0 Å². The minimum Gasteiger partial charge on any atom is -0.395 e. The van der Waals surface area contributed by atoms with Gasteiger partial charge in [-0.1, -0.05) is 37.3 Å². The number of hydrogen-bond acceptors (Lipinski definition) is 2. The van der Waals surface area contributed by atoms with Crippen molar-refractivity contribution in [2.45, 2.75) is 17.9 Å². The average molecular weight is 182 g/mol. The van der Waals surface area contributed by atoms with Gasteiger partial charge in [-0.3, -0.25) is 0 Å². The highest BCUT2D eigenvalue weighted by molar-refractivity contribution is 7.99. The summed E-state index contributed by atoms with van der Waals surface area (Å²) in [6.07, 6.45) is 0. The third-order valence-corrected chi connectivity index (χ3v) is 2.85. The molecule has 0 aliphatic heterocycles. The van der Waals surface area contributed by atoms with E-state index in [0.29, 0.717) is 5.25 Å². The van der Waals surface area contributed by atoms with E-state index < -0.39 is 0 Å².